The van der Waals surface area contributed by atoms with Crippen molar-refractivity contribution in [3.05, 3.63) is 42.0 Å². The number of nitrogens with one attached hydrogen (secondary N) is 1. The van der Waals surface area contributed by atoms with Crippen molar-refractivity contribution < 1.29 is 27.5 Å². The summed E-state index contributed by atoms with van der Waals surface area (Å²) in [5, 5.41) is 1.54. The van der Waals surface area contributed by atoms with Gasteiger partial charge in [0.2, 0.25) is 0 Å². The zero-order chi connectivity index (χ0) is 17.0. The van der Waals surface area contributed by atoms with E-state index in [1.807, 2.05) is 0 Å². The highest BCUT2D eigenvalue weighted by atomic mass is 32.1. The molecule has 0 saturated carbocycles. The molecule has 0 bridgehead atoms. The number of hydrogen-bond acceptors (Lipinski definition) is 4. The molecular weight excluding hydrogens is 331 g/mol. The van der Waals surface area contributed by atoms with Crippen molar-refractivity contribution in [3.8, 4) is 10.4 Å². The fraction of sp³-hybridized carbons (Fsp3) is 0.200. The summed E-state index contributed by atoms with van der Waals surface area (Å²) in [5.74, 6) is -2.92. The third-order valence-corrected chi connectivity index (χ3v) is 3.87. The second-order valence-corrected chi connectivity index (χ2v) is 5.44. The summed E-state index contributed by atoms with van der Waals surface area (Å²) in [6, 6.07) is 10.2. The van der Waals surface area contributed by atoms with E-state index in [1.54, 1.807) is 42.6 Å². The molecule has 122 valence electrons. The Morgan fingerprint density at radius 1 is 1.22 bits per heavy atom. The Morgan fingerprint density at radius 2 is 1.87 bits per heavy atom. The Balaban J connectivity index is 2.40. The predicted octanol–water partition coefficient (Wildman–Crippen LogP) is 4.09. The molecule has 1 amide bonds. The first kappa shape index (κ1) is 17.0. The Kier molecular flexibility index (Phi) is 5.05. The second kappa shape index (κ2) is 6.82. The number of anilines is 1. The standard InChI is InChI=1S/C15H12F3NO3S/c1-2-22-13(20)10-8-11(9-6-4-3-5-7-9)23-12(10)19-14(21)15(16,17)18/h3-8H,2H2,1H3,(H,19,21). The van der Waals surface area contributed by atoms with E-state index in [1.165, 1.54) is 6.07 Å². The van der Waals surface area contributed by atoms with E-state index < -0.39 is 18.1 Å². The quantitative estimate of drug-likeness (QED) is 0.851. The molecule has 0 fully saturated rings. The van der Waals surface area contributed by atoms with E-state index in [9.17, 15) is 22.8 Å². The fourth-order valence-electron chi connectivity index (χ4n) is 1.76. The number of esters is 1. The lowest BCUT2D eigenvalue weighted by atomic mass is 10.1. The van der Waals surface area contributed by atoms with Crippen LogP contribution in [0.4, 0.5) is 18.2 Å². The summed E-state index contributed by atoms with van der Waals surface area (Å²) in [7, 11) is 0. The summed E-state index contributed by atoms with van der Waals surface area (Å²) in [5.41, 5.74) is 0.615. The normalized spacial score (nSPS) is 11.1. The van der Waals surface area contributed by atoms with Crippen LogP contribution < -0.4 is 5.32 Å². The second-order valence-electron chi connectivity index (χ2n) is 4.39. The first-order chi connectivity index (χ1) is 10.8. The third kappa shape index (κ3) is 4.10. The van der Waals surface area contributed by atoms with Crippen molar-refractivity contribution in [2.75, 3.05) is 11.9 Å². The zero-order valence-corrected chi connectivity index (χ0v) is 12.8. The molecular formula is C15H12F3NO3S. The van der Waals surface area contributed by atoms with E-state index in [2.05, 4.69) is 0 Å². The Hall–Kier alpha value is -2.35. The number of rotatable bonds is 4. The van der Waals surface area contributed by atoms with E-state index in [4.69, 9.17) is 4.74 Å². The zero-order valence-electron chi connectivity index (χ0n) is 11.9. The van der Waals surface area contributed by atoms with Crippen LogP contribution >= 0.6 is 11.3 Å². The van der Waals surface area contributed by atoms with Gasteiger partial charge in [-0.05, 0) is 18.6 Å². The topological polar surface area (TPSA) is 55.4 Å². The summed E-state index contributed by atoms with van der Waals surface area (Å²) >= 11 is 0.878. The molecule has 0 aliphatic carbocycles. The van der Waals surface area contributed by atoms with E-state index in [0.717, 1.165) is 16.9 Å². The van der Waals surface area contributed by atoms with Gasteiger partial charge in [0.15, 0.2) is 0 Å². The highest BCUT2D eigenvalue weighted by molar-refractivity contribution is 7.20. The van der Waals surface area contributed by atoms with Crippen molar-refractivity contribution in [3.63, 3.8) is 0 Å². The highest BCUT2D eigenvalue weighted by Crippen LogP contribution is 2.36. The number of hydrogen-bond donors (Lipinski definition) is 1. The molecule has 4 nitrogen and oxygen atoms in total. The van der Waals surface area contributed by atoms with Gasteiger partial charge in [0.05, 0.1) is 12.2 Å². The Labute approximate surface area is 133 Å². The molecule has 0 aliphatic heterocycles. The van der Waals surface area contributed by atoms with E-state index in [-0.39, 0.29) is 17.2 Å². The molecule has 23 heavy (non-hydrogen) atoms. The molecule has 2 rings (SSSR count). The molecule has 0 saturated heterocycles. The fourth-order valence-corrected chi connectivity index (χ4v) is 2.81. The molecule has 1 aromatic carbocycles. The number of amides is 1. The first-order valence-corrected chi connectivity index (χ1v) is 7.39. The summed E-state index contributed by atoms with van der Waals surface area (Å²) in [6.45, 7) is 1.65. The van der Waals surface area contributed by atoms with Crippen LogP contribution in [0.1, 0.15) is 17.3 Å². The van der Waals surface area contributed by atoms with Gasteiger partial charge in [-0.1, -0.05) is 30.3 Å². The number of ether oxygens (including phenoxy) is 1. The van der Waals surface area contributed by atoms with E-state index in [0.29, 0.717) is 4.88 Å². The maximum atomic E-state index is 12.4. The van der Waals surface area contributed by atoms with Crippen molar-refractivity contribution in [2.45, 2.75) is 13.1 Å². The lowest BCUT2D eigenvalue weighted by Gasteiger charge is -2.07. The Bertz CT molecular complexity index is 711. The van der Waals surface area contributed by atoms with Crippen molar-refractivity contribution >= 4 is 28.2 Å². The molecule has 0 aliphatic rings. The molecule has 0 unspecified atom stereocenters. The van der Waals surface area contributed by atoms with Gasteiger partial charge in [-0.2, -0.15) is 13.2 Å². The number of halogens is 3. The number of alkyl halides is 3. The molecule has 1 aromatic heterocycles. The lowest BCUT2D eigenvalue weighted by Crippen LogP contribution is -2.30. The molecule has 1 N–H and O–H groups in total. The van der Waals surface area contributed by atoms with Crippen LogP contribution in [0.2, 0.25) is 0 Å². The molecule has 0 spiro atoms. The van der Waals surface area contributed by atoms with Crippen LogP contribution in [0.5, 0.6) is 0 Å². The van der Waals surface area contributed by atoms with Gasteiger partial charge < -0.3 is 10.1 Å². The third-order valence-electron chi connectivity index (χ3n) is 2.77. The van der Waals surface area contributed by atoms with Crippen LogP contribution in [0.25, 0.3) is 10.4 Å². The van der Waals surface area contributed by atoms with Gasteiger partial charge >= 0.3 is 18.1 Å². The summed E-state index contributed by atoms with van der Waals surface area (Å²) in [4.78, 5) is 23.6. The molecule has 0 atom stereocenters. The monoisotopic (exact) mass is 343 g/mol. The van der Waals surface area contributed by atoms with Gasteiger partial charge in [0.1, 0.15) is 5.00 Å². The van der Waals surface area contributed by atoms with Crippen LogP contribution in [-0.2, 0) is 9.53 Å². The summed E-state index contributed by atoms with van der Waals surface area (Å²) in [6.07, 6.45) is -5.04. The molecule has 0 radical (unpaired) electrons. The van der Waals surface area contributed by atoms with E-state index >= 15 is 0 Å². The number of carbonyl (C=O) groups is 2. The van der Waals surface area contributed by atoms with Gasteiger partial charge in [0.25, 0.3) is 0 Å². The van der Waals surface area contributed by atoms with Crippen molar-refractivity contribution in [2.24, 2.45) is 0 Å². The van der Waals surface area contributed by atoms with Crippen LogP contribution in [0, 0.1) is 0 Å². The first-order valence-electron chi connectivity index (χ1n) is 6.57. The van der Waals surface area contributed by atoms with Crippen molar-refractivity contribution in [1.29, 1.82) is 0 Å². The molecule has 2 aromatic rings. The van der Waals surface area contributed by atoms with Gasteiger partial charge in [-0.25, -0.2) is 4.79 Å². The minimum atomic E-state index is -5.04. The average molecular weight is 343 g/mol. The number of carbonyl (C=O) groups excluding carboxylic acids is 2. The summed E-state index contributed by atoms with van der Waals surface area (Å²) < 4.78 is 42.1. The van der Waals surface area contributed by atoms with Gasteiger partial charge in [0, 0.05) is 4.88 Å². The molecule has 8 heteroatoms. The van der Waals surface area contributed by atoms with Gasteiger partial charge in [-0.15, -0.1) is 11.3 Å². The SMILES string of the molecule is CCOC(=O)c1cc(-c2ccccc2)sc1NC(=O)C(F)(F)F. The minimum absolute atomic E-state index is 0.0714. The maximum Gasteiger partial charge on any atom is 0.471 e. The van der Waals surface area contributed by atoms with Crippen LogP contribution in [-0.4, -0.2) is 24.7 Å². The largest absolute Gasteiger partial charge is 0.471 e. The Morgan fingerprint density at radius 3 is 2.43 bits per heavy atom. The highest BCUT2D eigenvalue weighted by Gasteiger charge is 2.39. The lowest BCUT2D eigenvalue weighted by molar-refractivity contribution is -0.167. The maximum absolute atomic E-state index is 12.4. The molecule has 1 heterocycles. The minimum Gasteiger partial charge on any atom is -0.462 e. The smallest absolute Gasteiger partial charge is 0.462 e. The van der Waals surface area contributed by atoms with Crippen molar-refractivity contribution in [1.82, 2.24) is 0 Å². The van der Waals surface area contributed by atoms with Gasteiger partial charge in [-0.3, -0.25) is 4.79 Å². The van der Waals surface area contributed by atoms with Crippen LogP contribution in [0.3, 0.4) is 0 Å². The number of benzene rings is 1. The van der Waals surface area contributed by atoms with Crippen LogP contribution in [0.15, 0.2) is 36.4 Å². The average Bonchev–Trinajstić information content (AvgIpc) is 2.91. The number of thiophene rings is 1. The predicted molar refractivity (Wildman–Crippen MR) is 80.4 cm³/mol.